The predicted octanol–water partition coefficient (Wildman–Crippen LogP) is 4.24. The van der Waals surface area contributed by atoms with Crippen molar-refractivity contribution in [2.75, 3.05) is 19.5 Å². The van der Waals surface area contributed by atoms with Crippen LogP contribution in [0.4, 0.5) is 5.69 Å². The molecule has 0 spiro atoms. The van der Waals surface area contributed by atoms with E-state index >= 15 is 0 Å². The van der Waals surface area contributed by atoms with Crippen molar-refractivity contribution in [2.45, 2.75) is 13.0 Å². The van der Waals surface area contributed by atoms with Crippen LogP contribution in [0.2, 0.25) is 5.02 Å². The van der Waals surface area contributed by atoms with Crippen molar-refractivity contribution in [1.29, 1.82) is 0 Å². The number of phenolic OH excluding ortho intramolecular Hbond substituents is 1. The van der Waals surface area contributed by atoms with E-state index in [-0.39, 0.29) is 11.8 Å². The van der Waals surface area contributed by atoms with Gasteiger partial charge in [-0.25, -0.2) is 0 Å². The first-order chi connectivity index (χ1) is 10.1. The van der Waals surface area contributed by atoms with Crippen LogP contribution in [0.5, 0.6) is 17.2 Å². The Morgan fingerprint density at radius 2 is 1.71 bits per heavy atom. The maximum absolute atomic E-state index is 9.89. The summed E-state index contributed by atoms with van der Waals surface area (Å²) in [5.41, 5.74) is 1.51. The number of nitrogens with one attached hydrogen (secondary N) is 1. The highest BCUT2D eigenvalue weighted by Gasteiger charge is 2.14. The Bertz CT molecular complexity index is 631. The molecule has 2 rings (SSSR count). The molecule has 2 N–H and O–H groups in total. The number of anilines is 1. The van der Waals surface area contributed by atoms with Crippen LogP contribution in [0.3, 0.4) is 0 Å². The van der Waals surface area contributed by atoms with Gasteiger partial charge in [-0.1, -0.05) is 29.8 Å². The largest absolute Gasteiger partial charge is 0.508 e. The topological polar surface area (TPSA) is 50.7 Å². The number of benzene rings is 2. The number of phenols is 1. The Morgan fingerprint density at radius 3 is 2.33 bits per heavy atom. The summed E-state index contributed by atoms with van der Waals surface area (Å²) < 4.78 is 10.5. The van der Waals surface area contributed by atoms with Crippen LogP contribution < -0.4 is 14.8 Å². The SMILES string of the molecule is COc1cc(Cl)c(NC(C)c2ccccc2O)cc1OC. The zero-order valence-electron chi connectivity index (χ0n) is 12.2. The summed E-state index contributed by atoms with van der Waals surface area (Å²) in [4.78, 5) is 0. The number of rotatable bonds is 5. The molecule has 0 fully saturated rings. The highest BCUT2D eigenvalue weighted by molar-refractivity contribution is 6.33. The summed E-state index contributed by atoms with van der Waals surface area (Å²) in [5.74, 6) is 1.41. The van der Waals surface area contributed by atoms with Crippen LogP contribution in [-0.2, 0) is 0 Å². The second kappa shape index (κ2) is 6.59. The molecule has 0 bridgehead atoms. The molecule has 5 heteroatoms. The summed E-state index contributed by atoms with van der Waals surface area (Å²) in [6.07, 6.45) is 0. The number of hydrogen-bond donors (Lipinski definition) is 2. The van der Waals surface area contributed by atoms with E-state index in [4.69, 9.17) is 21.1 Å². The lowest BCUT2D eigenvalue weighted by Crippen LogP contribution is -2.07. The number of hydrogen-bond acceptors (Lipinski definition) is 4. The minimum absolute atomic E-state index is 0.109. The fourth-order valence-corrected chi connectivity index (χ4v) is 2.34. The van der Waals surface area contributed by atoms with Crippen molar-refractivity contribution in [3.05, 3.63) is 47.0 Å². The number of methoxy groups -OCH3 is 2. The van der Waals surface area contributed by atoms with E-state index in [0.717, 1.165) is 5.56 Å². The normalized spacial score (nSPS) is 11.8. The second-order valence-electron chi connectivity index (χ2n) is 4.61. The number of aromatic hydroxyl groups is 1. The third-order valence-electron chi connectivity index (χ3n) is 3.25. The van der Waals surface area contributed by atoms with Gasteiger partial charge in [-0.15, -0.1) is 0 Å². The molecule has 0 aromatic heterocycles. The van der Waals surface area contributed by atoms with Crippen LogP contribution in [0.1, 0.15) is 18.5 Å². The fraction of sp³-hybridized carbons (Fsp3) is 0.250. The van der Waals surface area contributed by atoms with Crippen LogP contribution in [-0.4, -0.2) is 19.3 Å². The van der Waals surface area contributed by atoms with E-state index in [1.165, 1.54) is 0 Å². The first-order valence-electron chi connectivity index (χ1n) is 6.52. The minimum Gasteiger partial charge on any atom is -0.508 e. The molecule has 0 aliphatic rings. The van der Waals surface area contributed by atoms with Gasteiger partial charge in [-0.3, -0.25) is 0 Å². The molecule has 112 valence electrons. The number of halogens is 1. The third kappa shape index (κ3) is 3.34. The van der Waals surface area contributed by atoms with E-state index in [1.54, 1.807) is 38.5 Å². The molecular weight excluding hydrogens is 290 g/mol. The van der Waals surface area contributed by atoms with Crippen molar-refractivity contribution < 1.29 is 14.6 Å². The molecule has 2 aromatic rings. The molecule has 0 aliphatic heterocycles. The lowest BCUT2D eigenvalue weighted by molar-refractivity contribution is 0.355. The highest BCUT2D eigenvalue weighted by atomic mass is 35.5. The Kier molecular flexibility index (Phi) is 4.81. The summed E-state index contributed by atoms with van der Waals surface area (Å²) in [5, 5.41) is 13.7. The second-order valence-corrected chi connectivity index (χ2v) is 5.02. The van der Waals surface area contributed by atoms with E-state index in [1.807, 2.05) is 19.1 Å². The molecule has 4 nitrogen and oxygen atoms in total. The lowest BCUT2D eigenvalue weighted by Gasteiger charge is -2.19. The van der Waals surface area contributed by atoms with Gasteiger partial charge >= 0.3 is 0 Å². The average molecular weight is 308 g/mol. The van der Waals surface area contributed by atoms with Crippen molar-refractivity contribution in [2.24, 2.45) is 0 Å². The van der Waals surface area contributed by atoms with E-state index in [2.05, 4.69) is 5.32 Å². The van der Waals surface area contributed by atoms with Gasteiger partial charge in [0.15, 0.2) is 11.5 Å². The van der Waals surface area contributed by atoms with E-state index in [0.29, 0.717) is 22.2 Å². The van der Waals surface area contributed by atoms with Gasteiger partial charge in [0.25, 0.3) is 0 Å². The molecule has 0 aliphatic carbocycles. The molecule has 0 heterocycles. The Morgan fingerprint density at radius 1 is 1.10 bits per heavy atom. The standard InChI is InChI=1S/C16H18ClNO3/c1-10(11-6-4-5-7-14(11)19)18-13-9-16(21-3)15(20-2)8-12(13)17/h4-10,18-19H,1-3H3. The first kappa shape index (κ1) is 15.3. The molecule has 0 radical (unpaired) electrons. The minimum atomic E-state index is -0.109. The Hall–Kier alpha value is -2.07. The summed E-state index contributed by atoms with van der Waals surface area (Å²) >= 11 is 6.25. The third-order valence-corrected chi connectivity index (χ3v) is 3.56. The van der Waals surface area contributed by atoms with Crippen LogP contribution in [0, 0.1) is 0 Å². The predicted molar refractivity (Wildman–Crippen MR) is 84.7 cm³/mol. The van der Waals surface area contributed by atoms with Crippen molar-refractivity contribution in [3.63, 3.8) is 0 Å². The van der Waals surface area contributed by atoms with Crippen LogP contribution in [0.25, 0.3) is 0 Å². The summed E-state index contributed by atoms with van der Waals surface area (Å²) in [6, 6.07) is 10.5. The quantitative estimate of drug-likeness (QED) is 0.867. The molecule has 1 atom stereocenters. The van der Waals surface area contributed by atoms with Crippen molar-refractivity contribution >= 4 is 17.3 Å². The van der Waals surface area contributed by atoms with Gasteiger partial charge in [0.1, 0.15) is 5.75 Å². The fourth-order valence-electron chi connectivity index (χ4n) is 2.13. The van der Waals surface area contributed by atoms with Gasteiger partial charge < -0.3 is 19.9 Å². The molecule has 0 saturated heterocycles. The molecule has 0 amide bonds. The monoisotopic (exact) mass is 307 g/mol. The van der Waals surface area contributed by atoms with Crippen LogP contribution in [0.15, 0.2) is 36.4 Å². The van der Waals surface area contributed by atoms with Gasteiger partial charge in [0.05, 0.1) is 31.0 Å². The maximum Gasteiger partial charge on any atom is 0.162 e. The van der Waals surface area contributed by atoms with Crippen molar-refractivity contribution in [1.82, 2.24) is 0 Å². The molecular formula is C16H18ClNO3. The summed E-state index contributed by atoms with van der Waals surface area (Å²) in [6.45, 7) is 1.95. The van der Waals surface area contributed by atoms with E-state index in [9.17, 15) is 5.11 Å². The zero-order valence-corrected chi connectivity index (χ0v) is 12.9. The molecule has 1 unspecified atom stereocenters. The lowest BCUT2D eigenvalue weighted by atomic mass is 10.1. The number of ether oxygens (including phenoxy) is 2. The summed E-state index contributed by atoms with van der Waals surface area (Å²) in [7, 11) is 3.13. The zero-order chi connectivity index (χ0) is 15.4. The highest BCUT2D eigenvalue weighted by Crippen LogP contribution is 2.38. The molecule has 2 aromatic carbocycles. The van der Waals surface area contributed by atoms with Crippen molar-refractivity contribution in [3.8, 4) is 17.2 Å². The maximum atomic E-state index is 9.89. The van der Waals surface area contributed by atoms with Gasteiger partial charge in [0.2, 0.25) is 0 Å². The average Bonchev–Trinajstić information content (AvgIpc) is 2.49. The Balaban J connectivity index is 2.29. The molecule has 0 saturated carbocycles. The number of para-hydroxylation sites is 1. The molecule has 21 heavy (non-hydrogen) atoms. The van der Waals surface area contributed by atoms with E-state index < -0.39 is 0 Å². The van der Waals surface area contributed by atoms with Gasteiger partial charge in [-0.05, 0) is 13.0 Å². The first-order valence-corrected chi connectivity index (χ1v) is 6.90. The smallest absolute Gasteiger partial charge is 0.162 e. The van der Waals surface area contributed by atoms with Crippen LogP contribution >= 0.6 is 11.6 Å². The van der Waals surface area contributed by atoms with Gasteiger partial charge in [0, 0.05) is 17.7 Å². The Labute approximate surface area is 129 Å². The van der Waals surface area contributed by atoms with Gasteiger partial charge in [-0.2, -0.15) is 0 Å².